The van der Waals surface area contributed by atoms with Gasteiger partial charge in [-0.2, -0.15) is 0 Å². The van der Waals surface area contributed by atoms with Crippen LogP contribution in [-0.4, -0.2) is 59.7 Å². The van der Waals surface area contributed by atoms with E-state index in [0.717, 1.165) is 18.4 Å². The van der Waals surface area contributed by atoms with Crippen molar-refractivity contribution in [1.82, 2.24) is 5.32 Å². The summed E-state index contributed by atoms with van der Waals surface area (Å²) in [6.45, 7) is 14.4. The third kappa shape index (κ3) is 6.56. The first-order valence-corrected chi connectivity index (χ1v) is 12.2. The molecule has 0 bridgehead atoms. The van der Waals surface area contributed by atoms with E-state index in [4.69, 9.17) is 19.2 Å². The fourth-order valence-corrected chi connectivity index (χ4v) is 4.92. The van der Waals surface area contributed by atoms with Gasteiger partial charge in [-0.05, 0) is 45.8 Å². The van der Waals surface area contributed by atoms with E-state index in [2.05, 4.69) is 11.9 Å². The molecule has 0 aromatic carbocycles. The molecule has 178 valence electrons. The van der Waals surface area contributed by atoms with Crippen LogP contribution in [0.15, 0.2) is 41.1 Å². The molecule has 0 saturated heterocycles. The quantitative estimate of drug-likeness (QED) is 0.328. The summed E-state index contributed by atoms with van der Waals surface area (Å²) in [5, 5.41) is 3.81. The van der Waals surface area contributed by atoms with Gasteiger partial charge in [0.05, 0.1) is 6.04 Å². The second-order valence-electron chi connectivity index (χ2n) is 8.11. The minimum atomic E-state index is -0.963. The third-order valence-electron chi connectivity index (χ3n) is 5.26. The SMILES string of the molecule is C=CCOC1=CC(=O)CC([C@@H](CCC)NC(=O)[C@]2(C)CSC(C(C)(OCC)OCC)=N2)=C1. The number of rotatable bonds is 13. The van der Waals surface area contributed by atoms with E-state index < -0.39 is 11.3 Å². The van der Waals surface area contributed by atoms with Gasteiger partial charge in [-0.25, -0.2) is 0 Å². The Kier molecular flexibility index (Phi) is 9.73. The average molecular weight is 465 g/mol. The zero-order valence-corrected chi connectivity index (χ0v) is 20.7. The van der Waals surface area contributed by atoms with Crippen LogP contribution in [0, 0.1) is 0 Å². The van der Waals surface area contributed by atoms with Crippen molar-refractivity contribution in [2.45, 2.75) is 71.2 Å². The van der Waals surface area contributed by atoms with Crippen molar-refractivity contribution in [3.05, 3.63) is 36.1 Å². The van der Waals surface area contributed by atoms with Gasteiger partial charge >= 0.3 is 0 Å². The monoisotopic (exact) mass is 464 g/mol. The first-order valence-electron chi connectivity index (χ1n) is 11.2. The Bertz CT molecular complexity index is 798. The summed E-state index contributed by atoms with van der Waals surface area (Å²) in [6, 6.07) is -0.265. The zero-order chi connectivity index (χ0) is 23.8. The van der Waals surface area contributed by atoms with Gasteiger partial charge in [0, 0.05) is 31.5 Å². The molecule has 32 heavy (non-hydrogen) atoms. The lowest BCUT2D eigenvalue weighted by Crippen LogP contribution is -2.49. The summed E-state index contributed by atoms with van der Waals surface area (Å²) in [5.41, 5.74) is -0.0997. The number of allylic oxidation sites excluding steroid dienone is 2. The smallest absolute Gasteiger partial charge is 0.249 e. The maximum absolute atomic E-state index is 13.3. The second kappa shape index (κ2) is 11.8. The van der Waals surface area contributed by atoms with Crippen molar-refractivity contribution in [3.8, 4) is 0 Å². The second-order valence-corrected chi connectivity index (χ2v) is 9.08. The molecule has 8 heteroatoms. The molecule has 2 aliphatic rings. The van der Waals surface area contributed by atoms with Crippen LogP contribution in [0.25, 0.3) is 0 Å². The molecular formula is C24H36N2O5S. The Labute approximate surface area is 195 Å². The summed E-state index contributed by atoms with van der Waals surface area (Å²) >= 11 is 1.48. The molecule has 0 spiro atoms. The third-order valence-corrected chi connectivity index (χ3v) is 6.70. The minimum Gasteiger partial charge on any atom is -0.489 e. The Morgan fingerprint density at radius 3 is 2.62 bits per heavy atom. The van der Waals surface area contributed by atoms with Crippen LogP contribution < -0.4 is 5.32 Å². The van der Waals surface area contributed by atoms with Gasteiger partial charge in [-0.15, -0.1) is 11.8 Å². The van der Waals surface area contributed by atoms with Gasteiger partial charge in [0.15, 0.2) is 5.78 Å². The molecule has 0 fully saturated rings. The summed E-state index contributed by atoms with van der Waals surface area (Å²) in [6.07, 6.45) is 6.81. The fourth-order valence-electron chi connectivity index (χ4n) is 3.66. The Morgan fingerprint density at radius 1 is 1.34 bits per heavy atom. The van der Waals surface area contributed by atoms with Crippen molar-refractivity contribution in [2.75, 3.05) is 25.6 Å². The Balaban J connectivity index is 2.21. The molecule has 2 atom stereocenters. The van der Waals surface area contributed by atoms with Crippen LogP contribution in [0.2, 0.25) is 0 Å². The summed E-state index contributed by atoms with van der Waals surface area (Å²) in [4.78, 5) is 30.3. The Morgan fingerprint density at radius 2 is 2.03 bits per heavy atom. The highest BCUT2D eigenvalue weighted by atomic mass is 32.2. The van der Waals surface area contributed by atoms with E-state index >= 15 is 0 Å². The topological polar surface area (TPSA) is 86.2 Å². The molecule has 2 rings (SSSR count). The highest BCUT2D eigenvalue weighted by molar-refractivity contribution is 8.14. The number of hydrogen-bond donors (Lipinski definition) is 1. The van der Waals surface area contributed by atoms with Gasteiger partial charge in [-0.1, -0.05) is 26.0 Å². The number of carbonyl (C=O) groups excluding carboxylic acids is 2. The normalized spacial score (nSPS) is 22.0. The highest BCUT2D eigenvalue weighted by Gasteiger charge is 2.45. The summed E-state index contributed by atoms with van der Waals surface area (Å²) in [5.74, 6) is -0.183. The van der Waals surface area contributed by atoms with Crippen molar-refractivity contribution < 1.29 is 23.8 Å². The van der Waals surface area contributed by atoms with Gasteiger partial charge < -0.3 is 19.5 Å². The number of carbonyl (C=O) groups is 2. The summed E-state index contributed by atoms with van der Waals surface area (Å²) < 4.78 is 17.2. The molecule has 1 aliphatic heterocycles. The fraction of sp³-hybridized carbons (Fsp3) is 0.625. The van der Waals surface area contributed by atoms with Crippen LogP contribution in [-0.2, 0) is 23.8 Å². The molecule has 0 aromatic heterocycles. The van der Waals surface area contributed by atoms with Gasteiger partial charge in [0.1, 0.15) is 22.9 Å². The van der Waals surface area contributed by atoms with Gasteiger partial charge in [-0.3, -0.25) is 14.6 Å². The molecular weight excluding hydrogens is 428 g/mol. The first kappa shape index (κ1) is 26.4. The molecule has 0 unspecified atom stereocenters. The molecule has 1 aliphatic carbocycles. The molecule has 0 aromatic rings. The highest BCUT2D eigenvalue weighted by Crippen LogP contribution is 2.35. The van der Waals surface area contributed by atoms with Crippen molar-refractivity contribution >= 4 is 28.5 Å². The Hall–Kier alpha value is -1.90. The van der Waals surface area contributed by atoms with Crippen LogP contribution >= 0.6 is 11.8 Å². The lowest BCUT2D eigenvalue weighted by atomic mass is 9.92. The van der Waals surface area contributed by atoms with Crippen molar-refractivity contribution in [3.63, 3.8) is 0 Å². The number of nitrogens with one attached hydrogen (secondary N) is 1. The van der Waals surface area contributed by atoms with E-state index in [1.807, 2.05) is 40.7 Å². The van der Waals surface area contributed by atoms with E-state index in [-0.39, 0.29) is 24.2 Å². The first-order chi connectivity index (χ1) is 15.2. The maximum Gasteiger partial charge on any atom is 0.249 e. The number of amides is 1. The largest absolute Gasteiger partial charge is 0.489 e. The van der Waals surface area contributed by atoms with Crippen LogP contribution in [0.5, 0.6) is 0 Å². The van der Waals surface area contributed by atoms with Crippen molar-refractivity contribution in [2.24, 2.45) is 4.99 Å². The number of thioether (sulfide) groups is 1. The lowest BCUT2D eigenvalue weighted by molar-refractivity contribution is -0.169. The molecule has 1 N–H and O–H groups in total. The molecule has 0 saturated carbocycles. The predicted octanol–water partition coefficient (Wildman–Crippen LogP) is 3.95. The lowest BCUT2D eigenvalue weighted by Gasteiger charge is -2.29. The average Bonchev–Trinajstić information content (AvgIpc) is 3.16. The standard InChI is InChI=1S/C24H36N2O5S/c1-7-11-20(17-13-18(27)15-19(14-17)29-12-8-2)25-21(28)23(5)16-32-22(26-23)24(6,30-9-3)31-10-4/h8,14-15,20H,2,7,9-13,16H2,1,3-6H3,(H,25,28)/t20-,23+/m1/s1. The number of nitrogens with zero attached hydrogens (tertiary/aromatic N) is 1. The molecule has 1 heterocycles. The van der Waals surface area contributed by atoms with Crippen LogP contribution in [0.4, 0.5) is 0 Å². The zero-order valence-electron chi connectivity index (χ0n) is 19.9. The minimum absolute atomic E-state index is 0.0379. The number of ether oxygens (including phenoxy) is 3. The molecule has 7 nitrogen and oxygen atoms in total. The molecule has 1 amide bonds. The van der Waals surface area contributed by atoms with E-state index in [0.29, 0.717) is 36.4 Å². The number of hydrogen-bond acceptors (Lipinski definition) is 7. The molecule has 0 radical (unpaired) electrons. The van der Waals surface area contributed by atoms with Crippen LogP contribution in [0.1, 0.15) is 53.9 Å². The van der Waals surface area contributed by atoms with Crippen LogP contribution in [0.3, 0.4) is 0 Å². The van der Waals surface area contributed by atoms with Crippen molar-refractivity contribution in [1.29, 1.82) is 0 Å². The predicted molar refractivity (Wildman–Crippen MR) is 129 cm³/mol. The van der Waals surface area contributed by atoms with E-state index in [9.17, 15) is 9.59 Å². The summed E-state index contributed by atoms with van der Waals surface area (Å²) in [7, 11) is 0. The maximum atomic E-state index is 13.3. The number of ketones is 1. The van der Waals surface area contributed by atoms with E-state index in [1.54, 1.807) is 6.08 Å². The van der Waals surface area contributed by atoms with Gasteiger partial charge in [0.25, 0.3) is 0 Å². The van der Waals surface area contributed by atoms with Gasteiger partial charge in [0.2, 0.25) is 11.7 Å². The number of aliphatic imine (C=N–C) groups is 1. The van der Waals surface area contributed by atoms with E-state index in [1.165, 1.54) is 17.8 Å².